The van der Waals surface area contributed by atoms with Gasteiger partial charge in [0.15, 0.2) is 11.9 Å². The summed E-state index contributed by atoms with van der Waals surface area (Å²) in [7, 11) is 0. The second-order valence-corrected chi connectivity index (χ2v) is 7.77. The zero-order valence-electron chi connectivity index (χ0n) is 17.1. The number of fused-ring (bicyclic) bond motifs is 2. The first-order valence-electron chi connectivity index (χ1n) is 9.99. The van der Waals surface area contributed by atoms with Crippen molar-refractivity contribution in [2.24, 2.45) is 0 Å². The van der Waals surface area contributed by atoms with Gasteiger partial charge in [-0.1, -0.05) is 23.7 Å². The second-order valence-electron chi connectivity index (χ2n) is 7.36. The number of alkyl halides is 3. The second kappa shape index (κ2) is 8.38. The lowest BCUT2D eigenvalue weighted by Gasteiger charge is -2.25. The van der Waals surface area contributed by atoms with E-state index in [1.807, 2.05) is 0 Å². The summed E-state index contributed by atoms with van der Waals surface area (Å²) < 4.78 is 43.5. The van der Waals surface area contributed by atoms with Crippen LogP contribution in [0.25, 0.3) is 33.2 Å². The Balaban J connectivity index is 1.77. The molecule has 7 nitrogen and oxygen atoms in total. The van der Waals surface area contributed by atoms with Gasteiger partial charge < -0.3 is 10.3 Å². The van der Waals surface area contributed by atoms with Crippen molar-refractivity contribution in [1.29, 1.82) is 0 Å². The minimum atomic E-state index is -4.78. The van der Waals surface area contributed by atoms with E-state index in [0.717, 1.165) is 6.33 Å². The molecule has 0 aliphatic rings. The average Bonchev–Trinajstić information content (AvgIpc) is 2.82. The smallest absolute Gasteiger partial charge is 0.353 e. The molecule has 0 aliphatic carbocycles. The van der Waals surface area contributed by atoms with E-state index in [0.29, 0.717) is 10.9 Å². The third-order valence-corrected chi connectivity index (χ3v) is 5.52. The molecule has 0 bridgehead atoms. The predicted molar refractivity (Wildman–Crippen MR) is 123 cm³/mol. The zero-order valence-corrected chi connectivity index (χ0v) is 17.9. The van der Waals surface area contributed by atoms with E-state index in [9.17, 15) is 18.0 Å². The topological polar surface area (TPSA) is 96.5 Å². The highest BCUT2D eigenvalue weighted by molar-refractivity contribution is 6.35. The van der Waals surface area contributed by atoms with Gasteiger partial charge in [0.1, 0.15) is 11.8 Å². The Bertz CT molecular complexity index is 1580. The molecule has 4 heterocycles. The van der Waals surface area contributed by atoms with Crippen LogP contribution in [0.15, 0.2) is 72.0 Å². The van der Waals surface area contributed by atoms with Crippen molar-refractivity contribution in [3.05, 3.63) is 88.2 Å². The number of nitrogens with zero attached hydrogens (tertiary/aromatic N) is 4. The molecule has 2 N–H and O–H groups in total. The van der Waals surface area contributed by atoms with Gasteiger partial charge in [-0.3, -0.25) is 9.78 Å². The van der Waals surface area contributed by atoms with Gasteiger partial charge in [-0.25, -0.2) is 15.0 Å². The Labute approximate surface area is 194 Å². The lowest BCUT2D eigenvalue weighted by atomic mass is 9.97. The fourth-order valence-electron chi connectivity index (χ4n) is 3.69. The number of aromatic nitrogens is 5. The van der Waals surface area contributed by atoms with Crippen LogP contribution < -0.4 is 10.9 Å². The highest BCUT2D eigenvalue weighted by Gasteiger charge is 2.43. The van der Waals surface area contributed by atoms with Gasteiger partial charge in [0.2, 0.25) is 0 Å². The Hall–Kier alpha value is -4.05. The fourth-order valence-corrected chi connectivity index (χ4v) is 3.92. The molecule has 0 radical (unpaired) electrons. The van der Waals surface area contributed by atoms with Gasteiger partial charge in [0.25, 0.3) is 5.56 Å². The van der Waals surface area contributed by atoms with E-state index in [1.165, 1.54) is 30.6 Å². The number of benzene rings is 1. The molecule has 4 aromatic heterocycles. The number of anilines is 1. The molecule has 0 saturated carbocycles. The molecule has 5 aromatic rings. The number of hydrogen-bond donors (Lipinski definition) is 2. The van der Waals surface area contributed by atoms with Crippen LogP contribution in [0.5, 0.6) is 0 Å². The standard InChI is InChI=1S/C23H14ClF3N6O/c24-15-6-1-4-12-10-14(18(32-17(12)15)13-5-2-9-29-22(13)34)20(23(25,26)27)33-21-19-16(30-11-31-21)7-3-8-28-19/h1-11,20H,(H,29,34)(H,30,31,33)/t20-/m1/s1. The van der Waals surface area contributed by atoms with E-state index < -0.39 is 17.8 Å². The van der Waals surface area contributed by atoms with Gasteiger partial charge in [0, 0.05) is 23.3 Å². The largest absolute Gasteiger partial charge is 0.412 e. The quantitative estimate of drug-likeness (QED) is 0.361. The lowest BCUT2D eigenvalue weighted by molar-refractivity contribution is -0.143. The minimum absolute atomic E-state index is 0.0268. The summed E-state index contributed by atoms with van der Waals surface area (Å²) in [6.45, 7) is 0. The summed E-state index contributed by atoms with van der Waals surface area (Å²) in [6.07, 6.45) is -0.803. The summed E-state index contributed by atoms with van der Waals surface area (Å²) in [5.41, 5.74) is -0.190. The monoisotopic (exact) mass is 482 g/mol. The molecule has 0 unspecified atom stereocenters. The first-order valence-corrected chi connectivity index (χ1v) is 10.4. The molecular weight excluding hydrogens is 469 g/mol. The van der Waals surface area contributed by atoms with E-state index in [1.54, 1.807) is 30.3 Å². The van der Waals surface area contributed by atoms with Crippen LogP contribution in [0.3, 0.4) is 0 Å². The van der Waals surface area contributed by atoms with Crippen LogP contribution in [-0.2, 0) is 0 Å². The van der Waals surface area contributed by atoms with E-state index in [2.05, 4.69) is 30.2 Å². The number of aromatic amines is 1. The summed E-state index contributed by atoms with van der Waals surface area (Å²) in [4.78, 5) is 31.6. The Morgan fingerprint density at radius 3 is 2.65 bits per heavy atom. The van der Waals surface area contributed by atoms with Crippen LogP contribution in [0.1, 0.15) is 11.6 Å². The number of para-hydroxylation sites is 1. The Morgan fingerprint density at radius 2 is 1.85 bits per heavy atom. The van der Waals surface area contributed by atoms with Crippen LogP contribution in [-0.4, -0.2) is 31.1 Å². The average molecular weight is 483 g/mol. The fraction of sp³-hybridized carbons (Fsp3) is 0.0870. The van der Waals surface area contributed by atoms with E-state index >= 15 is 0 Å². The van der Waals surface area contributed by atoms with Crippen LogP contribution in [0, 0.1) is 0 Å². The molecule has 1 atom stereocenters. The molecule has 170 valence electrons. The maximum Gasteiger partial charge on any atom is 0.412 e. The molecule has 34 heavy (non-hydrogen) atoms. The van der Waals surface area contributed by atoms with Crippen LogP contribution >= 0.6 is 11.6 Å². The van der Waals surface area contributed by atoms with Gasteiger partial charge in [-0.2, -0.15) is 13.2 Å². The van der Waals surface area contributed by atoms with Crippen LogP contribution in [0.2, 0.25) is 5.02 Å². The Morgan fingerprint density at radius 1 is 1.00 bits per heavy atom. The first kappa shape index (κ1) is 21.8. The highest BCUT2D eigenvalue weighted by Crippen LogP contribution is 2.41. The van der Waals surface area contributed by atoms with E-state index in [4.69, 9.17) is 11.6 Å². The number of rotatable bonds is 4. The van der Waals surface area contributed by atoms with Crippen molar-refractivity contribution in [1.82, 2.24) is 24.9 Å². The van der Waals surface area contributed by atoms with Crippen molar-refractivity contribution < 1.29 is 13.2 Å². The number of halogens is 4. The van der Waals surface area contributed by atoms with Crippen molar-refractivity contribution in [2.75, 3.05) is 5.32 Å². The highest BCUT2D eigenvalue weighted by atomic mass is 35.5. The third kappa shape index (κ3) is 3.92. The molecule has 0 amide bonds. The van der Waals surface area contributed by atoms with Crippen molar-refractivity contribution >= 4 is 39.4 Å². The molecule has 0 saturated heterocycles. The maximum atomic E-state index is 14.5. The molecular formula is C23H14ClF3N6O. The summed E-state index contributed by atoms with van der Waals surface area (Å²) in [5.74, 6) is -0.105. The Kier molecular flexibility index (Phi) is 5.37. The first-order chi connectivity index (χ1) is 16.3. The molecule has 0 spiro atoms. The predicted octanol–water partition coefficient (Wildman–Crippen LogP) is 5.30. The zero-order chi connectivity index (χ0) is 23.9. The van der Waals surface area contributed by atoms with Crippen molar-refractivity contribution in [2.45, 2.75) is 12.2 Å². The summed E-state index contributed by atoms with van der Waals surface area (Å²) in [5, 5.41) is 3.10. The third-order valence-electron chi connectivity index (χ3n) is 5.21. The molecule has 0 fully saturated rings. The lowest BCUT2D eigenvalue weighted by Crippen LogP contribution is -2.29. The summed E-state index contributed by atoms with van der Waals surface area (Å²) in [6, 6.07) is 10.0. The summed E-state index contributed by atoms with van der Waals surface area (Å²) >= 11 is 6.26. The van der Waals surface area contributed by atoms with Crippen LogP contribution in [0.4, 0.5) is 19.0 Å². The maximum absolute atomic E-state index is 14.5. The van der Waals surface area contributed by atoms with Gasteiger partial charge in [-0.15, -0.1) is 0 Å². The number of pyridine rings is 3. The minimum Gasteiger partial charge on any atom is -0.353 e. The molecule has 0 aliphatic heterocycles. The molecule has 11 heteroatoms. The van der Waals surface area contributed by atoms with Gasteiger partial charge in [-0.05, 0) is 36.4 Å². The normalized spacial score (nSPS) is 12.7. The number of hydrogen-bond acceptors (Lipinski definition) is 6. The van der Waals surface area contributed by atoms with Gasteiger partial charge in [0.05, 0.1) is 27.3 Å². The number of H-pyrrole nitrogens is 1. The number of nitrogens with one attached hydrogen (secondary N) is 2. The van der Waals surface area contributed by atoms with E-state index in [-0.39, 0.29) is 38.7 Å². The van der Waals surface area contributed by atoms with Crippen molar-refractivity contribution in [3.8, 4) is 11.3 Å². The van der Waals surface area contributed by atoms with Gasteiger partial charge >= 0.3 is 6.18 Å². The van der Waals surface area contributed by atoms with Crippen molar-refractivity contribution in [3.63, 3.8) is 0 Å². The molecule has 5 rings (SSSR count). The molecule has 1 aromatic carbocycles. The SMILES string of the molecule is O=c1[nH]cccc1-c1nc2c(Cl)cccc2cc1[C@@H](Nc1ncnc2cccnc12)C(F)(F)F.